The highest BCUT2D eigenvalue weighted by molar-refractivity contribution is 5.99. The number of halogens is 1. The van der Waals surface area contributed by atoms with Crippen LogP contribution in [-0.2, 0) is 6.42 Å². The Balaban J connectivity index is 1.28. The summed E-state index contributed by atoms with van der Waals surface area (Å²) in [4.78, 5) is 35.8. The zero-order chi connectivity index (χ0) is 24.4. The lowest BCUT2D eigenvalue weighted by Gasteiger charge is -2.32. The number of fused-ring (bicyclic) bond motifs is 1. The van der Waals surface area contributed by atoms with Gasteiger partial charge in [-0.05, 0) is 42.7 Å². The standard InChI is InChI=1S/C26H25FN6O2/c1-28-25(34)21-16-31-33-23(7-11-30-24(21)33)17-8-12-32(13-9-17)26(35)19-6-10-29-20(15-19)14-18-4-2-3-5-22(18)27/h2-7,10-11,15-17H,8-9,12-14H2,1H3,(H,28,34). The SMILES string of the molecule is CNC(=O)c1cnn2c(C3CCN(C(=O)c4ccnc(Cc5ccccc5F)c4)CC3)ccnc12. The molecule has 5 rings (SSSR count). The van der Waals surface area contributed by atoms with Crippen LogP contribution in [0.3, 0.4) is 0 Å². The third-order valence-corrected chi connectivity index (χ3v) is 6.50. The van der Waals surface area contributed by atoms with Gasteiger partial charge in [-0.1, -0.05) is 18.2 Å². The summed E-state index contributed by atoms with van der Waals surface area (Å²) in [6, 6.07) is 12.0. The summed E-state index contributed by atoms with van der Waals surface area (Å²) >= 11 is 0. The molecule has 0 atom stereocenters. The highest BCUT2D eigenvalue weighted by Crippen LogP contribution is 2.29. The van der Waals surface area contributed by atoms with E-state index in [0.717, 1.165) is 18.5 Å². The van der Waals surface area contributed by atoms with Crippen LogP contribution < -0.4 is 5.32 Å². The molecule has 3 aromatic heterocycles. The number of amides is 2. The maximum atomic E-state index is 14.0. The van der Waals surface area contributed by atoms with Gasteiger partial charge in [0.05, 0.1) is 6.20 Å². The number of nitrogens with one attached hydrogen (secondary N) is 1. The van der Waals surface area contributed by atoms with E-state index in [9.17, 15) is 14.0 Å². The quantitative estimate of drug-likeness (QED) is 0.482. The fraction of sp³-hybridized carbons (Fsp3) is 0.269. The topological polar surface area (TPSA) is 92.5 Å². The number of aromatic nitrogens is 4. The molecule has 0 radical (unpaired) electrons. The van der Waals surface area contributed by atoms with Crippen LogP contribution in [0.4, 0.5) is 4.39 Å². The van der Waals surface area contributed by atoms with Crippen LogP contribution in [0, 0.1) is 5.82 Å². The first-order valence-corrected chi connectivity index (χ1v) is 11.6. The van der Waals surface area contributed by atoms with E-state index in [1.54, 1.807) is 54.3 Å². The molecule has 0 aliphatic carbocycles. The summed E-state index contributed by atoms with van der Waals surface area (Å²) in [6.07, 6.45) is 6.71. The highest BCUT2D eigenvalue weighted by Gasteiger charge is 2.27. The van der Waals surface area contributed by atoms with Crippen molar-refractivity contribution >= 4 is 17.5 Å². The minimum Gasteiger partial charge on any atom is -0.355 e. The number of pyridine rings is 1. The zero-order valence-corrected chi connectivity index (χ0v) is 19.3. The van der Waals surface area contributed by atoms with E-state index in [1.807, 2.05) is 11.0 Å². The highest BCUT2D eigenvalue weighted by atomic mass is 19.1. The van der Waals surface area contributed by atoms with Gasteiger partial charge in [-0.3, -0.25) is 14.6 Å². The summed E-state index contributed by atoms with van der Waals surface area (Å²) in [5.41, 5.74) is 3.70. The van der Waals surface area contributed by atoms with Crippen molar-refractivity contribution in [3.8, 4) is 0 Å². The summed E-state index contributed by atoms with van der Waals surface area (Å²) in [5.74, 6) is -0.368. The second-order valence-corrected chi connectivity index (χ2v) is 8.61. The molecule has 4 aromatic rings. The molecule has 0 saturated carbocycles. The molecular weight excluding hydrogens is 447 g/mol. The molecule has 1 saturated heterocycles. The predicted octanol–water partition coefficient (Wildman–Crippen LogP) is 3.23. The number of carbonyl (C=O) groups is 2. The van der Waals surface area contributed by atoms with Crippen LogP contribution in [0.5, 0.6) is 0 Å². The predicted molar refractivity (Wildman–Crippen MR) is 128 cm³/mol. The Morgan fingerprint density at radius 3 is 2.63 bits per heavy atom. The average molecular weight is 473 g/mol. The second-order valence-electron chi connectivity index (χ2n) is 8.61. The lowest BCUT2D eigenvalue weighted by molar-refractivity contribution is 0.0711. The van der Waals surface area contributed by atoms with Crippen LogP contribution in [0.1, 0.15) is 56.4 Å². The minimum atomic E-state index is -0.280. The van der Waals surface area contributed by atoms with Crippen LogP contribution in [0.2, 0.25) is 0 Å². The van der Waals surface area contributed by atoms with Crippen molar-refractivity contribution in [2.45, 2.75) is 25.2 Å². The van der Waals surface area contributed by atoms with Gasteiger partial charge in [0.25, 0.3) is 11.8 Å². The monoisotopic (exact) mass is 472 g/mol. The van der Waals surface area contributed by atoms with E-state index >= 15 is 0 Å². The Kier molecular flexibility index (Phi) is 6.22. The van der Waals surface area contributed by atoms with Crippen molar-refractivity contribution in [2.75, 3.05) is 20.1 Å². The van der Waals surface area contributed by atoms with Gasteiger partial charge in [0, 0.05) is 61.8 Å². The van der Waals surface area contributed by atoms with Crippen molar-refractivity contribution in [1.29, 1.82) is 0 Å². The molecule has 9 heteroatoms. The van der Waals surface area contributed by atoms with Crippen molar-refractivity contribution in [3.05, 3.63) is 95.0 Å². The van der Waals surface area contributed by atoms with Gasteiger partial charge in [0.1, 0.15) is 11.4 Å². The van der Waals surface area contributed by atoms with E-state index in [1.165, 1.54) is 12.3 Å². The lowest BCUT2D eigenvalue weighted by Crippen LogP contribution is -2.38. The van der Waals surface area contributed by atoms with Gasteiger partial charge in [-0.15, -0.1) is 0 Å². The van der Waals surface area contributed by atoms with E-state index in [2.05, 4.69) is 20.4 Å². The molecule has 1 aromatic carbocycles. The van der Waals surface area contributed by atoms with E-state index in [0.29, 0.717) is 47.5 Å². The van der Waals surface area contributed by atoms with Crippen molar-refractivity contribution < 1.29 is 14.0 Å². The molecule has 1 aliphatic rings. The third-order valence-electron chi connectivity index (χ3n) is 6.50. The summed E-state index contributed by atoms with van der Waals surface area (Å²) in [5, 5.41) is 7.01. The molecule has 35 heavy (non-hydrogen) atoms. The number of piperidine rings is 1. The van der Waals surface area contributed by atoms with Crippen molar-refractivity contribution in [1.82, 2.24) is 29.8 Å². The number of hydrogen-bond acceptors (Lipinski definition) is 5. The number of carbonyl (C=O) groups excluding carboxylic acids is 2. The summed E-state index contributed by atoms with van der Waals surface area (Å²) in [7, 11) is 1.58. The maximum Gasteiger partial charge on any atom is 0.256 e. The Morgan fingerprint density at radius 2 is 1.86 bits per heavy atom. The maximum absolute atomic E-state index is 14.0. The van der Waals surface area contributed by atoms with Gasteiger partial charge in [-0.2, -0.15) is 5.10 Å². The fourth-order valence-corrected chi connectivity index (χ4v) is 4.62. The van der Waals surface area contributed by atoms with Crippen LogP contribution in [0.15, 0.2) is 61.1 Å². The normalized spacial score (nSPS) is 14.3. The first-order chi connectivity index (χ1) is 17.0. The van der Waals surface area contributed by atoms with Crippen molar-refractivity contribution in [3.63, 3.8) is 0 Å². The summed E-state index contributed by atoms with van der Waals surface area (Å²) in [6.45, 7) is 1.20. The van der Waals surface area contributed by atoms with Gasteiger partial charge < -0.3 is 10.2 Å². The van der Waals surface area contributed by atoms with E-state index in [4.69, 9.17) is 0 Å². The van der Waals surface area contributed by atoms with Gasteiger partial charge in [0.2, 0.25) is 0 Å². The molecule has 0 unspecified atom stereocenters. The number of hydrogen-bond donors (Lipinski definition) is 1. The van der Waals surface area contributed by atoms with Crippen molar-refractivity contribution in [2.24, 2.45) is 0 Å². The molecular formula is C26H25FN6O2. The lowest BCUT2D eigenvalue weighted by atomic mass is 9.93. The first kappa shape index (κ1) is 22.6. The first-order valence-electron chi connectivity index (χ1n) is 11.6. The minimum absolute atomic E-state index is 0.0542. The van der Waals surface area contributed by atoms with Gasteiger partial charge in [0.15, 0.2) is 5.65 Å². The largest absolute Gasteiger partial charge is 0.355 e. The van der Waals surface area contributed by atoms with E-state index < -0.39 is 0 Å². The van der Waals surface area contributed by atoms with E-state index in [-0.39, 0.29) is 23.5 Å². The van der Waals surface area contributed by atoms with Crippen LogP contribution >= 0.6 is 0 Å². The van der Waals surface area contributed by atoms with Crippen LogP contribution in [-0.4, -0.2) is 56.4 Å². The average Bonchev–Trinajstić information content (AvgIpc) is 3.34. The molecule has 2 amide bonds. The Hall–Kier alpha value is -4.14. The molecule has 178 valence electrons. The van der Waals surface area contributed by atoms with Gasteiger partial charge >= 0.3 is 0 Å². The molecule has 1 fully saturated rings. The Morgan fingerprint density at radius 1 is 1.09 bits per heavy atom. The van der Waals surface area contributed by atoms with Crippen LogP contribution in [0.25, 0.3) is 5.65 Å². The fourth-order valence-electron chi connectivity index (χ4n) is 4.62. The zero-order valence-electron chi connectivity index (χ0n) is 19.3. The number of likely N-dealkylation sites (tertiary alicyclic amines) is 1. The number of rotatable bonds is 5. The molecule has 8 nitrogen and oxygen atoms in total. The number of benzene rings is 1. The molecule has 0 spiro atoms. The third kappa shape index (κ3) is 4.49. The smallest absolute Gasteiger partial charge is 0.256 e. The Bertz CT molecular complexity index is 1390. The number of nitrogens with zero attached hydrogens (tertiary/aromatic N) is 5. The second kappa shape index (κ2) is 9.61. The Labute approximate surface area is 201 Å². The molecule has 1 N–H and O–H groups in total. The molecule has 4 heterocycles. The summed E-state index contributed by atoms with van der Waals surface area (Å²) < 4.78 is 15.8. The molecule has 0 bridgehead atoms. The van der Waals surface area contributed by atoms with Gasteiger partial charge in [-0.25, -0.2) is 13.9 Å². The molecule has 1 aliphatic heterocycles.